The first-order chi connectivity index (χ1) is 9.58. The Morgan fingerprint density at radius 1 is 1.45 bits per heavy atom. The summed E-state index contributed by atoms with van der Waals surface area (Å²) in [6.45, 7) is 0.576. The fourth-order valence-corrected chi connectivity index (χ4v) is 2.78. The first-order valence-electron chi connectivity index (χ1n) is 6.46. The zero-order valence-electron chi connectivity index (χ0n) is 10.8. The van der Waals surface area contributed by atoms with Gasteiger partial charge in [0.1, 0.15) is 0 Å². The third kappa shape index (κ3) is 3.92. The van der Waals surface area contributed by atoms with Crippen LogP contribution in [0.1, 0.15) is 19.3 Å². The second-order valence-electron chi connectivity index (χ2n) is 4.73. The highest BCUT2D eigenvalue weighted by Gasteiger charge is 2.33. The van der Waals surface area contributed by atoms with Crippen LogP contribution in [0.3, 0.4) is 0 Å². The molecule has 108 valence electrons. The quantitative estimate of drug-likeness (QED) is 0.759. The lowest BCUT2D eigenvalue weighted by Crippen LogP contribution is -2.31. The molecule has 0 aliphatic carbocycles. The summed E-state index contributed by atoms with van der Waals surface area (Å²) in [5.74, 6) is -2.05. The first-order valence-corrected chi connectivity index (χ1v) is 7.54. The van der Waals surface area contributed by atoms with Gasteiger partial charge in [-0.25, -0.2) is 0 Å². The number of para-hydroxylation sites is 1. The number of benzene rings is 1. The van der Waals surface area contributed by atoms with Crippen molar-refractivity contribution in [3.63, 3.8) is 0 Å². The summed E-state index contributed by atoms with van der Waals surface area (Å²) in [5, 5.41) is 12.0. The monoisotopic (exact) mass is 389 g/mol. The molecule has 1 fully saturated rings. The van der Waals surface area contributed by atoms with Crippen LogP contribution in [0, 0.1) is 9.49 Å². The maximum Gasteiger partial charge on any atom is 0.309 e. The fraction of sp³-hybridized carbons (Fsp3) is 0.429. The number of amides is 1. The van der Waals surface area contributed by atoms with E-state index in [1.54, 1.807) is 6.07 Å². The molecule has 0 radical (unpaired) electrons. The molecule has 5 nitrogen and oxygen atoms in total. The molecule has 1 aromatic carbocycles. The molecule has 20 heavy (non-hydrogen) atoms. The lowest BCUT2D eigenvalue weighted by molar-refractivity contribution is -0.148. The van der Waals surface area contributed by atoms with Gasteiger partial charge in [0.25, 0.3) is 0 Å². The summed E-state index contributed by atoms with van der Waals surface area (Å²) in [6.07, 6.45) is 1.14. The van der Waals surface area contributed by atoms with Crippen LogP contribution in [-0.2, 0) is 14.3 Å². The van der Waals surface area contributed by atoms with Gasteiger partial charge in [-0.3, -0.25) is 9.59 Å². The number of hydrogen-bond acceptors (Lipinski definition) is 3. The minimum absolute atomic E-state index is 0.0645. The van der Waals surface area contributed by atoms with Gasteiger partial charge in [-0.15, -0.1) is 0 Å². The van der Waals surface area contributed by atoms with Gasteiger partial charge < -0.3 is 15.2 Å². The molecule has 2 N–H and O–H groups in total. The first kappa shape index (κ1) is 15.2. The Kier molecular flexibility index (Phi) is 5.36. The molecule has 2 atom stereocenters. The average molecular weight is 389 g/mol. The van der Waals surface area contributed by atoms with Gasteiger partial charge in [0.05, 0.1) is 17.7 Å². The lowest BCUT2D eigenvalue weighted by atomic mass is 9.96. The molecule has 6 heteroatoms. The van der Waals surface area contributed by atoms with E-state index in [4.69, 9.17) is 4.74 Å². The third-order valence-electron chi connectivity index (χ3n) is 3.28. The maximum absolute atomic E-state index is 12.0. The Labute approximate surface area is 130 Å². The molecule has 2 unspecified atom stereocenters. The van der Waals surface area contributed by atoms with E-state index in [0.29, 0.717) is 18.7 Å². The number of anilines is 1. The van der Waals surface area contributed by atoms with Crippen LogP contribution < -0.4 is 5.32 Å². The van der Waals surface area contributed by atoms with Crippen LogP contribution in [0.2, 0.25) is 0 Å². The van der Waals surface area contributed by atoms with E-state index in [-0.39, 0.29) is 18.4 Å². The number of carboxylic acid groups (broad SMARTS) is 1. The number of ether oxygens (including phenoxy) is 1. The number of carboxylic acids is 1. The molecule has 1 aliphatic rings. The summed E-state index contributed by atoms with van der Waals surface area (Å²) >= 11 is 2.12. The number of carbonyl (C=O) groups excluding carboxylic acids is 1. The van der Waals surface area contributed by atoms with E-state index in [0.717, 1.165) is 9.99 Å². The van der Waals surface area contributed by atoms with Crippen molar-refractivity contribution in [3.8, 4) is 0 Å². The Balaban J connectivity index is 1.98. The summed E-state index contributed by atoms with van der Waals surface area (Å²) in [7, 11) is 0. The van der Waals surface area contributed by atoms with E-state index in [9.17, 15) is 14.7 Å². The predicted molar refractivity (Wildman–Crippen MR) is 82.5 cm³/mol. The molecular weight excluding hydrogens is 373 g/mol. The smallest absolute Gasteiger partial charge is 0.309 e. The Hall–Kier alpha value is -1.15. The second kappa shape index (κ2) is 7.03. The number of nitrogens with one attached hydrogen (secondary N) is 1. The molecule has 1 aliphatic heterocycles. The van der Waals surface area contributed by atoms with Crippen LogP contribution in [0.5, 0.6) is 0 Å². The van der Waals surface area contributed by atoms with Gasteiger partial charge in [-0.05, 0) is 47.6 Å². The highest BCUT2D eigenvalue weighted by molar-refractivity contribution is 14.1. The number of halogens is 1. The fourth-order valence-electron chi connectivity index (χ4n) is 2.26. The van der Waals surface area contributed by atoms with Crippen molar-refractivity contribution in [1.82, 2.24) is 0 Å². The zero-order chi connectivity index (χ0) is 14.5. The van der Waals surface area contributed by atoms with E-state index in [1.807, 2.05) is 18.2 Å². The molecule has 1 aromatic rings. The van der Waals surface area contributed by atoms with Crippen LogP contribution in [0.25, 0.3) is 0 Å². The molecule has 0 aromatic heterocycles. The van der Waals surface area contributed by atoms with Gasteiger partial charge in [0.2, 0.25) is 5.91 Å². The highest BCUT2D eigenvalue weighted by Crippen LogP contribution is 2.24. The van der Waals surface area contributed by atoms with Crippen molar-refractivity contribution in [3.05, 3.63) is 27.8 Å². The van der Waals surface area contributed by atoms with Crippen molar-refractivity contribution in [2.24, 2.45) is 5.92 Å². The van der Waals surface area contributed by atoms with E-state index in [1.165, 1.54) is 0 Å². The molecule has 1 heterocycles. The SMILES string of the molecule is O=C(CC(C(=O)O)C1CCCO1)Nc1ccccc1I. The van der Waals surface area contributed by atoms with E-state index >= 15 is 0 Å². The van der Waals surface area contributed by atoms with Crippen LogP contribution in [-0.4, -0.2) is 29.7 Å². The van der Waals surface area contributed by atoms with Gasteiger partial charge in [0.15, 0.2) is 0 Å². The molecule has 0 bridgehead atoms. The molecule has 0 spiro atoms. The topological polar surface area (TPSA) is 75.6 Å². The molecule has 2 rings (SSSR count). The second-order valence-corrected chi connectivity index (χ2v) is 5.89. The van der Waals surface area contributed by atoms with Crippen molar-refractivity contribution < 1.29 is 19.4 Å². The van der Waals surface area contributed by atoms with Crippen molar-refractivity contribution in [2.45, 2.75) is 25.4 Å². The minimum Gasteiger partial charge on any atom is -0.481 e. The minimum atomic E-state index is -0.977. The lowest BCUT2D eigenvalue weighted by Gasteiger charge is -2.18. The summed E-state index contributed by atoms with van der Waals surface area (Å²) in [5.41, 5.74) is 0.703. The summed E-state index contributed by atoms with van der Waals surface area (Å²) in [4.78, 5) is 23.3. The zero-order valence-corrected chi connectivity index (χ0v) is 13.0. The summed E-state index contributed by atoms with van der Waals surface area (Å²) in [6, 6.07) is 7.38. The van der Waals surface area contributed by atoms with Gasteiger partial charge >= 0.3 is 5.97 Å². The Morgan fingerprint density at radius 2 is 2.20 bits per heavy atom. The van der Waals surface area contributed by atoms with Crippen LogP contribution in [0.4, 0.5) is 5.69 Å². The van der Waals surface area contributed by atoms with Crippen molar-refractivity contribution in [2.75, 3.05) is 11.9 Å². The van der Waals surface area contributed by atoms with Crippen molar-refractivity contribution in [1.29, 1.82) is 0 Å². The molecular formula is C14H16INO4. The normalized spacial score (nSPS) is 19.6. The largest absolute Gasteiger partial charge is 0.481 e. The van der Waals surface area contributed by atoms with E-state index < -0.39 is 11.9 Å². The van der Waals surface area contributed by atoms with Crippen LogP contribution in [0.15, 0.2) is 24.3 Å². The highest BCUT2D eigenvalue weighted by atomic mass is 127. The van der Waals surface area contributed by atoms with Crippen LogP contribution >= 0.6 is 22.6 Å². The summed E-state index contributed by atoms with van der Waals surface area (Å²) < 4.78 is 6.31. The number of carbonyl (C=O) groups is 2. The maximum atomic E-state index is 12.0. The van der Waals surface area contributed by atoms with Gasteiger partial charge in [0, 0.05) is 16.6 Å². The number of aliphatic carboxylic acids is 1. The molecule has 1 amide bonds. The molecule has 1 saturated heterocycles. The van der Waals surface area contributed by atoms with Crippen molar-refractivity contribution >= 4 is 40.2 Å². The number of hydrogen-bond donors (Lipinski definition) is 2. The van der Waals surface area contributed by atoms with Gasteiger partial charge in [-0.2, -0.15) is 0 Å². The van der Waals surface area contributed by atoms with Gasteiger partial charge in [-0.1, -0.05) is 12.1 Å². The Morgan fingerprint density at radius 3 is 2.80 bits per heavy atom. The molecule has 0 saturated carbocycles. The predicted octanol–water partition coefficient (Wildman–Crippen LogP) is 2.50. The average Bonchev–Trinajstić information content (AvgIpc) is 2.92. The Bertz CT molecular complexity index is 500. The standard InChI is InChI=1S/C14H16INO4/c15-10-4-1-2-5-11(10)16-13(17)8-9(14(18)19)12-6-3-7-20-12/h1-2,4-5,9,12H,3,6-8H2,(H,16,17)(H,18,19). The van der Waals surface area contributed by atoms with E-state index in [2.05, 4.69) is 27.9 Å². The third-order valence-corrected chi connectivity index (χ3v) is 4.22. The number of rotatable bonds is 5.